The number of hydrogen-bond donors (Lipinski definition) is 0. The maximum Gasteiger partial charge on any atom is 0.147 e. The van der Waals surface area contributed by atoms with Gasteiger partial charge in [-0.15, -0.1) is 0 Å². The highest BCUT2D eigenvalue weighted by atomic mass is 35.5. The molecule has 8 heavy (non-hydrogen) atoms. The fourth-order valence-corrected chi connectivity index (χ4v) is 0.183. The molecule has 0 aliphatic carbocycles. The van der Waals surface area contributed by atoms with E-state index in [1.807, 2.05) is 0 Å². The Labute approximate surface area is 56.5 Å². The van der Waals surface area contributed by atoms with E-state index in [9.17, 15) is 0 Å². The lowest BCUT2D eigenvalue weighted by Gasteiger charge is -1.76. The van der Waals surface area contributed by atoms with Crippen molar-refractivity contribution in [2.45, 2.75) is 0 Å². The number of nitriles is 2. The second-order valence-electron chi connectivity index (χ2n) is 0.852. The molecule has 0 bridgehead atoms. The number of rotatable bonds is 0. The van der Waals surface area contributed by atoms with Gasteiger partial charge in [-0.25, -0.2) is 0 Å². The minimum absolute atomic E-state index is 0.269. The molecule has 0 saturated heterocycles. The fraction of sp³-hybridized carbons (Fsp3) is 0. The van der Waals surface area contributed by atoms with Crippen LogP contribution in [0.5, 0.6) is 0 Å². The van der Waals surface area contributed by atoms with Gasteiger partial charge in [0, 0.05) is 0 Å². The highest BCUT2D eigenvalue weighted by Crippen LogP contribution is 2.10. The van der Waals surface area contributed by atoms with Crippen LogP contribution in [0, 0.1) is 22.7 Å². The number of allylic oxidation sites excluding steroid dienone is 2. The Balaban J connectivity index is 4.41. The van der Waals surface area contributed by atoms with Crippen molar-refractivity contribution in [2.24, 2.45) is 0 Å². The number of hydrogen-bond acceptors (Lipinski definition) is 2. The van der Waals surface area contributed by atoms with E-state index < -0.39 is 0 Å². The Morgan fingerprint density at radius 2 is 1.25 bits per heavy atom. The molecule has 0 aromatic rings. The maximum atomic E-state index is 7.96. The van der Waals surface area contributed by atoms with Crippen LogP contribution in [0.25, 0.3) is 0 Å². The summed E-state index contributed by atoms with van der Waals surface area (Å²) in [6.07, 6.45) is 0. The molecule has 0 saturated carbocycles. The molecule has 0 amide bonds. The van der Waals surface area contributed by atoms with Crippen LogP contribution >= 0.6 is 23.2 Å². The van der Waals surface area contributed by atoms with Gasteiger partial charge >= 0.3 is 0 Å². The second-order valence-corrected chi connectivity index (χ2v) is 1.61. The first-order valence-electron chi connectivity index (χ1n) is 1.58. The Bertz CT molecular complexity index is 171. The molecule has 4 heteroatoms. The summed E-state index contributed by atoms with van der Waals surface area (Å²) >= 11 is 10.2. The predicted octanol–water partition coefficient (Wildman–Crippen LogP) is 1.72. The maximum absolute atomic E-state index is 7.96. The molecule has 0 radical (unpaired) electrons. The van der Waals surface area contributed by atoms with Gasteiger partial charge < -0.3 is 0 Å². The van der Waals surface area contributed by atoms with Crippen molar-refractivity contribution in [1.29, 1.82) is 10.5 Å². The van der Waals surface area contributed by atoms with Gasteiger partial charge in [0.1, 0.15) is 22.2 Å². The minimum atomic E-state index is -0.269. The molecule has 0 aliphatic rings. The molecule has 2 nitrogen and oxygen atoms in total. The average Bonchev–Trinajstić information content (AvgIpc) is 1.84. The van der Waals surface area contributed by atoms with Crippen molar-refractivity contribution in [1.82, 2.24) is 0 Å². The molecule has 0 atom stereocenters. The third-order valence-electron chi connectivity index (χ3n) is 0.389. The Morgan fingerprint density at radius 1 is 1.00 bits per heavy atom. The Kier molecular flexibility index (Phi) is 3.03. The molecule has 0 N–H and O–H groups in total. The molecule has 0 heterocycles. The molecule has 40 valence electrons. The summed E-state index contributed by atoms with van der Waals surface area (Å²) in [7, 11) is 0. The highest BCUT2D eigenvalue weighted by Gasteiger charge is 1.95. The summed E-state index contributed by atoms with van der Waals surface area (Å²) in [5.41, 5.74) is 0. The monoisotopic (exact) mass is 146 g/mol. The van der Waals surface area contributed by atoms with E-state index in [1.54, 1.807) is 0 Å². The van der Waals surface area contributed by atoms with Gasteiger partial charge in [-0.2, -0.15) is 10.5 Å². The van der Waals surface area contributed by atoms with E-state index in [-0.39, 0.29) is 10.1 Å². The summed E-state index contributed by atoms with van der Waals surface area (Å²) in [5, 5.41) is 15.4. The topological polar surface area (TPSA) is 47.6 Å². The molecule has 0 spiro atoms. The van der Waals surface area contributed by atoms with Crippen LogP contribution in [0.3, 0.4) is 0 Å². The minimum Gasteiger partial charge on any atom is -0.191 e. The van der Waals surface area contributed by atoms with Crippen LogP contribution in [0.1, 0.15) is 0 Å². The molecular formula is C4Cl2N2. The van der Waals surface area contributed by atoms with Gasteiger partial charge in [-0.3, -0.25) is 0 Å². The zero-order valence-corrected chi connectivity index (χ0v) is 5.16. The number of halogens is 2. The van der Waals surface area contributed by atoms with Crippen LogP contribution < -0.4 is 0 Å². The molecule has 0 aliphatic heterocycles. The first-order valence-corrected chi connectivity index (χ1v) is 2.33. The second kappa shape index (κ2) is 3.32. The smallest absolute Gasteiger partial charge is 0.147 e. The summed E-state index contributed by atoms with van der Waals surface area (Å²) in [6, 6.07) is 3.01. The zero-order chi connectivity index (χ0) is 6.57. The molecular weight excluding hydrogens is 147 g/mol. The van der Waals surface area contributed by atoms with Crippen LogP contribution in [-0.2, 0) is 0 Å². The molecule has 0 aromatic carbocycles. The van der Waals surface area contributed by atoms with E-state index >= 15 is 0 Å². The average molecular weight is 147 g/mol. The van der Waals surface area contributed by atoms with Gasteiger partial charge in [0.05, 0.1) is 0 Å². The lowest BCUT2D eigenvalue weighted by Crippen LogP contribution is -1.66. The normalized spacial score (nSPS) is 11.0. The van der Waals surface area contributed by atoms with E-state index in [0.29, 0.717) is 0 Å². The van der Waals surface area contributed by atoms with Crippen LogP contribution in [0.15, 0.2) is 10.1 Å². The van der Waals surface area contributed by atoms with E-state index in [2.05, 4.69) is 0 Å². The van der Waals surface area contributed by atoms with E-state index in [1.165, 1.54) is 12.1 Å². The Morgan fingerprint density at radius 3 is 1.38 bits per heavy atom. The van der Waals surface area contributed by atoms with E-state index in [4.69, 9.17) is 33.7 Å². The third kappa shape index (κ3) is 1.84. The molecule has 0 rings (SSSR count). The highest BCUT2D eigenvalue weighted by molar-refractivity contribution is 6.42. The van der Waals surface area contributed by atoms with Gasteiger partial charge in [-0.1, -0.05) is 23.2 Å². The zero-order valence-electron chi connectivity index (χ0n) is 3.65. The standard InChI is InChI=1S/C4Cl2N2/c5-3(1-7)4(6)2-8/b4-3+. The van der Waals surface area contributed by atoms with Crippen LogP contribution in [0.4, 0.5) is 0 Å². The lowest BCUT2D eigenvalue weighted by atomic mass is 10.5. The summed E-state index contributed by atoms with van der Waals surface area (Å²) < 4.78 is 0. The van der Waals surface area contributed by atoms with Crippen molar-refractivity contribution in [3.8, 4) is 12.1 Å². The SMILES string of the molecule is N#C/C(Cl)=C(\Cl)C#N. The van der Waals surface area contributed by atoms with Crippen molar-refractivity contribution in [3.63, 3.8) is 0 Å². The molecule has 0 aromatic heterocycles. The quantitative estimate of drug-likeness (QED) is 0.489. The molecule has 0 unspecified atom stereocenters. The first-order chi connectivity index (χ1) is 3.72. The van der Waals surface area contributed by atoms with Crippen LogP contribution in [-0.4, -0.2) is 0 Å². The van der Waals surface area contributed by atoms with Gasteiger partial charge in [-0.05, 0) is 0 Å². The van der Waals surface area contributed by atoms with E-state index in [0.717, 1.165) is 0 Å². The van der Waals surface area contributed by atoms with Crippen LogP contribution in [0.2, 0.25) is 0 Å². The summed E-state index contributed by atoms with van der Waals surface area (Å²) in [5.74, 6) is 0. The van der Waals surface area contributed by atoms with Gasteiger partial charge in [0.25, 0.3) is 0 Å². The van der Waals surface area contributed by atoms with Crippen molar-refractivity contribution < 1.29 is 0 Å². The van der Waals surface area contributed by atoms with Gasteiger partial charge in [0.15, 0.2) is 0 Å². The Hall–Kier alpha value is -0.700. The third-order valence-corrected chi connectivity index (χ3v) is 1.03. The summed E-state index contributed by atoms with van der Waals surface area (Å²) in [4.78, 5) is 0. The van der Waals surface area contributed by atoms with Crippen molar-refractivity contribution in [2.75, 3.05) is 0 Å². The van der Waals surface area contributed by atoms with Gasteiger partial charge in [0.2, 0.25) is 0 Å². The lowest BCUT2D eigenvalue weighted by molar-refractivity contribution is 1.50. The first kappa shape index (κ1) is 7.30. The summed E-state index contributed by atoms with van der Waals surface area (Å²) in [6.45, 7) is 0. The van der Waals surface area contributed by atoms with Crippen molar-refractivity contribution >= 4 is 23.2 Å². The largest absolute Gasteiger partial charge is 0.191 e. The molecule has 0 fully saturated rings. The van der Waals surface area contributed by atoms with Crippen molar-refractivity contribution in [3.05, 3.63) is 10.1 Å². The predicted molar refractivity (Wildman–Crippen MR) is 30.0 cm³/mol. The fourth-order valence-electron chi connectivity index (χ4n) is 0.0982. The number of nitrogens with zero attached hydrogens (tertiary/aromatic N) is 2.